The molecule has 0 unspecified atom stereocenters. The number of aliphatic imine (C=N–C) groups is 1. The minimum atomic E-state index is 0.207. The summed E-state index contributed by atoms with van der Waals surface area (Å²) in [6.45, 7) is 3.32. The summed E-state index contributed by atoms with van der Waals surface area (Å²) in [6, 6.07) is 8.36. The normalized spacial score (nSPS) is 20.8. The molecule has 2 aromatic rings. The monoisotopic (exact) mass is 310 g/mol. The van der Waals surface area contributed by atoms with Crippen LogP contribution in [0.3, 0.4) is 0 Å². The molecule has 2 aliphatic rings. The zero-order valence-corrected chi connectivity index (χ0v) is 12.9. The molecule has 23 heavy (non-hydrogen) atoms. The Hall–Kier alpha value is -2.76. The summed E-state index contributed by atoms with van der Waals surface area (Å²) in [6.07, 6.45) is 4.06. The van der Waals surface area contributed by atoms with Gasteiger partial charge < -0.3 is 19.8 Å². The Morgan fingerprint density at radius 2 is 2.17 bits per heavy atom. The highest BCUT2D eigenvalue weighted by Gasteiger charge is 2.31. The third kappa shape index (κ3) is 2.36. The van der Waals surface area contributed by atoms with Gasteiger partial charge in [0.2, 0.25) is 5.89 Å². The summed E-state index contributed by atoms with van der Waals surface area (Å²) in [5.41, 5.74) is 8.98. The molecule has 0 spiro atoms. The number of aromatic nitrogens is 1. The molecule has 3 heterocycles. The van der Waals surface area contributed by atoms with Crippen LogP contribution in [0.5, 0.6) is 5.75 Å². The van der Waals surface area contributed by atoms with Crippen LogP contribution >= 0.6 is 0 Å². The number of nitrogens with zero attached hydrogens (tertiary/aromatic N) is 3. The highest BCUT2D eigenvalue weighted by atomic mass is 16.5. The number of hydrogen-bond acceptors (Lipinski definition) is 6. The molecule has 0 fully saturated rings. The number of oxazole rings is 1. The van der Waals surface area contributed by atoms with Crippen LogP contribution in [-0.2, 0) is 0 Å². The van der Waals surface area contributed by atoms with Crippen molar-refractivity contribution in [2.45, 2.75) is 19.4 Å². The summed E-state index contributed by atoms with van der Waals surface area (Å²) in [4.78, 5) is 10.9. The van der Waals surface area contributed by atoms with Gasteiger partial charge in [0.25, 0.3) is 0 Å². The van der Waals surface area contributed by atoms with Crippen molar-refractivity contribution in [2.24, 2.45) is 10.7 Å². The number of ether oxygens (including phenoxy) is 1. The lowest BCUT2D eigenvalue weighted by molar-refractivity contribution is 0.185. The van der Waals surface area contributed by atoms with Crippen molar-refractivity contribution in [1.29, 1.82) is 0 Å². The first-order chi connectivity index (χ1) is 11.2. The van der Waals surface area contributed by atoms with Crippen molar-refractivity contribution < 1.29 is 9.15 Å². The predicted molar refractivity (Wildman–Crippen MR) is 86.7 cm³/mol. The molecular weight excluding hydrogens is 292 g/mol. The first-order valence-corrected chi connectivity index (χ1v) is 7.66. The molecule has 0 saturated heterocycles. The number of benzene rings is 1. The summed E-state index contributed by atoms with van der Waals surface area (Å²) >= 11 is 0. The Balaban J connectivity index is 1.77. The number of amidine groups is 1. The molecule has 4 rings (SSSR count). The summed E-state index contributed by atoms with van der Waals surface area (Å²) in [5.74, 6) is 2.00. The molecule has 1 aromatic heterocycles. The Labute approximate surface area is 134 Å². The molecule has 1 aromatic carbocycles. The van der Waals surface area contributed by atoms with Gasteiger partial charge in [0.1, 0.15) is 23.5 Å². The average molecular weight is 310 g/mol. The van der Waals surface area contributed by atoms with E-state index in [4.69, 9.17) is 14.9 Å². The maximum Gasteiger partial charge on any atom is 0.246 e. The lowest BCUT2D eigenvalue weighted by Gasteiger charge is -2.39. The molecule has 0 bridgehead atoms. The lowest BCUT2D eigenvalue weighted by atomic mass is 9.97. The fourth-order valence-electron chi connectivity index (χ4n) is 3.22. The number of para-hydroxylation sites is 1. The molecule has 0 saturated carbocycles. The van der Waals surface area contributed by atoms with Crippen LogP contribution in [0.15, 0.2) is 51.8 Å². The smallest absolute Gasteiger partial charge is 0.246 e. The molecule has 6 nitrogen and oxygen atoms in total. The largest absolute Gasteiger partial charge is 0.493 e. The third-order valence-corrected chi connectivity index (χ3v) is 4.30. The van der Waals surface area contributed by atoms with Crippen molar-refractivity contribution in [3.05, 3.63) is 53.9 Å². The SMILES string of the molecule is CC1=C(c2ncco2)N=C(N)CN1[C@@H]1CCOc2ccccc21. The van der Waals surface area contributed by atoms with Gasteiger partial charge in [-0.25, -0.2) is 9.98 Å². The zero-order valence-electron chi connectivity index (χ0n) is 12.9. The predicted octanol–water partition coefficient (Wildman–Crippen LogP) is 2.56. The van der Waals surface area contributed by atoms with Crippen molar-refractivity contribution in [2.75, 3.05) is 13.2 Å². The standard InChI is InChI=1S/C17H18N4O2/c1-11-16(17-19-7-9-23-17)20-15(18)10-21(11)13-6-8-22-14-5-3-2-4-12(13)14/h2-5,7,9,13H,6,8,10H2,1H3,(H2,18,20)/t13-/m1/s1. The molecule has 0 radical (unpaired) electrons. The van der Waals surface area contributed by atoms with Crippen LogP contribution in [0.25, 0.3) is 5.70 Å². The quantitative estimate of drug-likeness (QED) is 0.922. The second-order valence-electron chi connectivity index (χ2n) is 5.69. The number of allylic oxidation sites excluding steroid dienone is 1. The van der Waals surface area contributed by atoms with Gasteiger partial charge in [0, 0.05) is 17.7 Å². The minimum Gasteiger partial charge on any atom is -0.493 e. The van der Waals surface area contributed by atoms with E-state index < -0.39 is 0 Å². The number of nitrogens with two attached hydrogens (primary N) is 1. The van der Waals surface area contributed by atoms with Gasteiger partial charge >= 0.3 is 0 Å². The Morgan fingerprint density at radius 1 is 1.30 bits per heavy atom. The molecule has 1 atom stereocenters. The van der Waals surface area contributed by atoms with E-state index in [-0.39, 0.29) is 6.04 Å². The van der Waals surface area contributed by atoms with Crippen molar-refractivity contribution in [1.82, 2.24) is 9.88 Å². The third-order valence-electron chi connectivity index (χ3n) is 4.30. The summed E-state index contributed by atoms with van der Waals surface area (Å²) in [7, 11) is 0. The van der Waals surface area contributed by atoms with Gasteiger partial charge in [0.15, 0.2) is 0 Å². The van der Waals surface area contributed by atoms with E-state index in [1.54, 1.807) is 12.5 Å². The first kappa shape index (κ1) is 13.9. The molecule has 118 valence electrons. The lowest BCUT2D eigenvalue weighted by Crippen LogP contribution is -2.40. The average Bonchev–Trinajstić information content (AvgIpc) is 3.10. The van der Waals surface area contributed by atoms with Crippen LogP contribution < -0.4 is 10.5 Å². The molecular formula is C17H18N4O2. The van der Waals surface area contributed by atoms with Gasteiger partial charge in [-0.3, -0.25) is 0 Å². The van der Waals surface area contributed by atoms with E-state index in [0.29, 0.717) is 30.6 Å². The maximum atomic E-state index is 6.08. The Morgan fingerprint density at radius 3 is 3.00 bits per heavy atom. The highest BCUT2D eigenvalue weighted by Crippen LogP contribution is 2.39. The van der Waals surface area contributed by atoms with E-state index >= 15 is 0 Å². The van der Waals surface area contributed by atoms with Crippen molar-refractivity contribution >= 4 is 11.5 Å². The second kappa shape index (κ2) is 5.46. The highest BCUT2D eigenvalue weighted by molar-refractivity contribution is 5.90. The van der Waals surface area contributed by atoms with Crippen LogP contribution in [0.1, 0.15) is 30.8 Å². The van der Waals surface area contributed by atoms with E-state index in [1.165, 1.54) is 5.56 Å². The molecule has 2 aliphatic heterocycles. The van der Waals surface area contributed by atoms with E-state index in [0.717, 1.165) is 17.9 Å². The van der Waals surface area contributed by atoms with Crippen molar-refractivity contribution in [3.63, 3.8) is 0 Å². The van der Waals surface area contributed by atoms with Crippen LogP contribution in [0, 0.1) is 0 Å². The van der Waals surface area contributed by atoms with E-state index in [2.05, 4.69) is 20.9 Å². The Kier molecular flexibility index (Phi) is 3.29. The van der Waals surface area contributed by atoms with E-state index in [9.17, 15) is 0 Å². The zero-order chi connectivity index (χ0) is 15.8. The van der Waals surface area contributed by atoms with Gasteiger partial charge in [-0.1, -0.05) is 18.2 Å². The van der Waals surface area contributed by atoms with E-state index in [1.807, 2.05) is 25.1 Å². The van der Waals surface area contributed by atoms with Gasteiger partial charge in [0.05, 0.1) is 25.4 Å². The van der Waals surface area contributed by atoms with Crippen LogP contribution in [0.2, 0.25) is 0 Å². The topological polar surface area (TPSA) is 76.9 Å². The fraction of sp³-hybridized carbons (Fsp3) is 0.294. The first-order valence-electron chi connectivity index (χ1n) is 7.66. The molecule has 0 aliphatic carbocycles. The molecule has 6 heteroatoms. The fourth-order valence-corrected chi connectivity index (χ4v) is 3.22. The second-order valence-corrected chi connectivity index (χ2v) is 5.69. The van der Waals surface area contributed by atoms with Gasteiger partial charge in [-0.2, -0.15) is 0 Å². The van der Waals surface area contributed by atoms with Crippen LogP contribution in [0.4, 0.5) is 0 Å². The summed E-state index contributed by atoms with van der Waals surface area (Å²) < 4.78 is 11.2. The number of fused-ring (bicyclic) bond motifs is 1. The summed E-state index contributed by atoms with van der Waals surface area (Å²) in [5, 5.41) is 0. The van der Waals surface area contributed by atoms with Crippen molar-refractivity contribution in [3.8, 4) is 5.75 Å². The van der Waals surface area contributed by atoms with Gasteiger partial charge in [-0.15, -0.1) is 0 Å². The van der Waals surface area contributed by atoms with Gasteiger partial charge in [-0.05, 0) is 13.0 Å². The maximum absolute atomic E-state index is 6.08. The number of rotatable bonds is 2. The molecule has 0 amide bonds. The Bertz CT molecular complexity index is 780. The molecule has 2 N–H and O–H groups in total. The minimum absolute atomic E-state index is 0.207. The van der Waals surface area contributed by atoms with Crippen LogP contribution in [-0.4, -0.2) is 28.9 Å². The number of hydrogen-bond donors (Lipinski definition) is 1.